The predicted molar refractivity (Wildman–Crippen MR) is 95.3 cm³/mol. The van der Waals surface area contributed by atoms with Crippen LogP contribution in [0.4, 0.5) is 5.82 Å². The van der Waals surface area contributed by atoms with Gasteiger partial charge in [0.15, 0.2) is 5.69 Å². The fourth-order valence-electron chi connectivity index (χ4n) is 2.64. The van der Waals surface area contributed by atoms with Crippen LogP contribution in [0.5, 0.6) is 0 Å². The molecule has 1 aromatic carbocycles. The van der Waals surface area contributed by atoms with E-state index in [1.807, 2.05) is 40.9 Å². The number of rotatable bonds is 3. The maximum Gasteiger partial charge on any atom is 0.277 e. The molecule has 0 unspecified atom stereocenters. The molecule has 1 N–H and O–H groups in total. The van der Waals surface area contributed by atoms with Crippen molar-refractivity contribution < 1.29 is 4.79 Å². The minimum atomic E-state index is -0.354. The van der Waals surface area contributed by atoms with Gasteiger partial charge in [-0.25, -0.2) is 15.0 Å². The number of amides is 1. The van der Waals surface area contributed by atoms with Gasteiger partial charge in [-0.3, -0.25) is 9.20 Å². The molecule has 7 heteroatoms. The molecule has 4 aromatic rings. The summed E-state index contributed by atoms with van der Waals surface area (Å²) in [4.78, 5) is 25.0. The van der Waals surface area contributed by atoms with Gasteiger partial charge >= 0.3 is 0 Å². The zero-order valence-corrected chi connectivity index (χ0v) is 13.5. The Morgan fingerprint density at radius 3 is 2.69 bits per heavy atom. The molecule has 1 amide bonds. The minimum absolute atomic E-state index is 0.295. The summed E-state index contributed by atoms with van der Waals surface area (Å²) in [5.74, 6) is 0.673. The Balaban J connectivity index is 1.78. The molecule has 0 spiro atoms. The van der Waals surface area contributed by atoms with Crippen molar-refractivity contribution in [3.8, 4) is 17.5 Å². The van der Waals surface area contributed by atoms with Crippen molar-refractivity contribution in [3.05, 3.63) is 78.5 Å². The maximum atomic E-state index is 12.7. The number of nitrogens with one attached hydrogen (secondary N) is 1. The molecule has 26 heavy (non-hydrogen) atoms. The highest BCUT2D eigenvalue weighted by Gasteiger charge is 2.18. The first-order chi connectivity index (χ1) is 12.8. The fourth-order valence-corrected chi connectivity index (χ4v) is 2.64. The molecule has 7 nitrogen and oxygen atoms in total. The zero-order chi connectivity index (χ0) is 17.9. The van der Waals surface area contributed by atoms with Crippen molar-refractivity contribution in [3.63, 3.8) is 0 Å². The standard InChI is InChI=1S/C19H12N6O/c20-11-13-4-6-14(7-5-13)18-24-17(15-3-1-2-10-25(15)18)19(26)23-16-8-9-21-12-22-16/h1-10,12H,(H,21,22,23,26). The number of anilines is 1. The first-order valence-electron chi connectivity index (χ1n) is 7.81. The lowest BCUT2D eigenvalue weighted by atomic mass is 10.1. The number of imidazole rings is 1. The molecule has 124 valence electrons. The first-order valence-corrected chi connectivity index (χ1v) is 7.81. The van der Waals surface area contributed by atoms with Gasteiger partial charge < -0.3 is 5.32 Å². The Morgan fingerprint density at radius 2 is 1.96 bits per heavy atom. The Morgan fingerprint density at radius 1 is 1.12 bits per heavy atom. The first kappa shape index (κ1) is 15.5. The van der Waals surface area contributed by atoms with E-state index in [9.17, 15) is 4.79 Å². The van der Waals surface area contributed by atoms with Gasteiger partial charge in [0, 0.05) is 18.0 Å². The molecule has 4 rings (SSSR count). The van der Waals surface area contributed by atoms with Crippen LogP contribution in [0.1, 0.15) is 16.1 Å². The molecule has 0 bridgehead atoms. The second-order valence-electron chi connectivity index (χ2n) is 5.48. The fraction of sp³-hybridized carbons (Fsp3) is 0. The molecule has 0 radical (unpaired) electrons. The molecule has 3 aromatic heterocycles. The second kappa shape index (κ2) is 6.45. The van der Waals surface area contributed by atoms with E-state index in [0.29, 0.717) is 28.4 Å². The van der Waals surface area contributed by atoms with Crippen LogP contribution in [0.15, 0.2) is 67.3 Å². The maximum absolute atomic E-state index is 12.7. The van der Waals surface area contributed by atoms with Gasteiger partial charge in [-0.15, -0.1) is 0 Å². The number of carbonyl (C=O) groups excluding carboxylic acids is 1. The molecule has 0 atom stereocenters. The van der Waals surface area contributed by atoms with Gasteiger partial charge in [0.25, 0.3) is 5.91 Å². The third-order valence-electron chi connectivity index (χ3n) is 3.86. The minimum Gasteiger partial charge on any atom is -0.305 e. The topological polar surface area (TPSA) is 96.0 Å². The van der Waals surface area contributed by atoms with Crippen LogP contribution < -0.4 is 5.32 Å². The van der Waals surface area contributed by atoms with Crippen molar-refractivity contribution in [2.75, 3.05) is 5.32 Å². The largest absolute Gasteiger partial charge is 0.305 e. The normalized spacial score (nSPS) is 10.4. The quantitative estimate of drug-likeness (QED) is 0.618. The van der Waals surface area contributed by atoms with Crippen molar-refractivity contribution in [2.24, 2.45) is 0 Å². The van der Waals surface area contributed by atoms with Crippen LogP contribution in [0.3, 0.4) is 0 Å². The van der Waals surface area contributed by atoms with E-state index in [4.69, 9.17) is 5.26 Å². The molecular formula is C19H12N6O. The number of carbonyl (C=O) groups is 1. The van der Waals surface area contributed by atoms with Crippen molar-refractivity contribution in [1.29, 1.82) is 5.26 Å². The van der Waals surface area contributed by atoms with Crippen LogP contribution in [0.2, 0.25) is 0 Å². The van der Waals surface area contributed by atoms with Crippen LogP contribution in [0, 0.1) is 11.3 Å². The summed E-state index contributed by atoms with van der Waals surface area (Å²) in [6, 6.07) is 16.3. The monoisotopic (exact) mass is 340 g/mol. The lowest BCUT2D eigenvalue weighted by molar-refractivity contribution is 0.102. The summed E-state index contributed by atoms with van der Waals surface area (Å²) in [5.41, 5.74) is 2.35. The van der Waals surface area contributed by atoms with Crippen LogP contribution in [-0.2, 0) is 0 Å². The molecule has 0 fully saturated rings. The Bertz CT molecular complexity index is 1130. The number of hydrogen-bond acceptors (Lipinski definition) is 5. The predicted octanol–water partition coefficient (Wildman–Crippen LogP) is 2.92. The SMILES string of the molecule is N#Cc1ccc(-c2nc(C(=O)Nc3ccncn3)c3ccccn23)cc1. The van der Waals surface area contributed by atoms with Crippen LogP contribution in [0.25, 0.3) is 16.9 Å². The Labute approximate surface area is 148 Å². The van der Waals surface area contributed by atoms with Crippen molar-refractivity contribution in [2.45, 2.75) is 0 Å². The van der Waals surface area contributed by atoms with E-state index >= 15 is 0 Å². The molecular weight excluding hydrogens is 328 g/mol. The van der Waals surface area contributed by atoms with E-state index in [1.54, 1.807) is 24.4 Å². The molecule has 3 heterocycles. The highest BCUT2D eigenvalue weighted by atomic mass is 16.2. The van der Waals surface area contributed by atoms with Gasteiger partial charge in [0.1, 0.15) is 18.0 Å². The average Bonchev–Trinajstić information content (AvgIpc) is 3.09. The summed E-state index contributed by atoms with van der Waals surface area (Å²) in [7, 11) is 0. The van der Waals surface area contributed by atoms with E-state index in [2.05, 4.69) is 26.3 Å². The van der Waals surface area contributed by atoms with Crippen LogP contribution in [-0.4, -0.2) is 25.3 Å². The lowest BCUT2D eigenvalue weighted by Crippen LogP contribution is -2.13. The van der Waals surface area contributed by atoms with Crippen molar-refractivity contribution in [1.82, 2.24) is 19.4 Å². The smallest absolute Gasteiger partial charge is 0.277 e. The zero-order valence-electron chi connectivity index (χ0n) is 13.5. The summed E-state index contributed by atoms with van der Waals surface area (Å²) < 4.78 is 1.84. The highest BCUT2D eigenvalue weighted by molar-refractivity contribution is 6.07. The van der Waals surface area contributed by atoms with E-state index < -0.39 is 0 Å². The molecule has 0 saturated heterocycles. The summed E-state index contributed by atoms with van der Waals surface area (Å²) in [6.45, 7) is 0. The molecule has 0 aliphatic carbocycles. The summed E-state index contributed by atoms with van der Waals surface area (Å²) >= 11 is 0. The number of nitriles is 1. The third-order valence-corrected chi connectivity index (χ3v) is 3.86. The van der Waals surface area contributed by atoms with E-state index in [0.717, 1.165) is 5.56 Å². The Kier molecular flexibility index (Phi) is 3.84. The third kappa shape index (κ3) is 2.76. The number of pyridine rings is 1. The number of nitrogens with zero attached hydrogens (tertiary/aromatic N) is 5. The summed E-state index contributed by atoms with van der Waals surface area (Å²) in [5, 5.41) is 11.7. The summed E-state index contributed by atoms with van der Waals surface area (Å²) in [6.07, 6.45) is 4.76. The number of benzene rings is 1. The number of fused-ring (bicyclic) bond motifs is 1. The van der Waals surface area contributed by atoms with Crippen molar-refractivity contribution >= 4 is 17.2 Å². The van der Waals surface area contributed by atoms with Gasteiger partial charge in [-0.05, 0) is 42.5 Å². The van der Waals surface area contributed by atoms with Gasteiger partial charge in [-0.1, -0.05) is 6.07 Å². The molecule has 0 aliphatic rings. The van der Waals surface area contributed by atoms with Gasteiger partial charge in [0.05, 0.1) is 17.1 Å². The lowest BCUT2D eigenvalue weighted by Gasteiger charge is -2.01. The highest BCUT2D eigenvalue weighted by Crippen LogP contribution is 2.23. The van der Waals surface area contributed by atoms with Gasteiger partial charge in [-0.2, -0.15) is 5.26 Å². The van der Waals surface area contributed by atoms with E-state index in [1.165, 1.54) is 6.33 Å². The van der Waals surface area contributed by atoms with Crippen LogP contribution >= 0.6 is 0 Å². The number of aromatic nitrogens is 4. The average molecular weight is 340 g/mol. The van der Waals surface area contributed by atoms with E-state index in [-0.39, 0.29) is 5.91 Å². The molecule has 0 saturated carbocycles. The Hall–Kier alpha value is -4.05. The van der Waals surface area contributed by atoms with Gasteiger partial charge in [0.2, 0.25) is 0 Å². The second-order valence-corrected chi connectivity index (χ2v) is 5.48. The number of hydrogen-bond donors (Lipinski definition) is 1. The molecule has 0 aliphatic heterocycles.